The highest BCUT2D eigenvalue weighted by atomic mass is 16.5. The second-order valence-electron chi connectivity index (χ2n) is 8.68. The summed E-state index contributed by atoms with van der Waals surface area (Å²) in [6, 6.07) is 9.62. The molecule has 3 aromatic rings. The quantitative estimate of drug-likeness (QED) is 0.549. The van der Waals surface area contributed by atoms with Crippen LogP contribution in [0.15, 0.2) is 41.3 Å². The second kappa shape index (κ2) is 9.52. The average molecular weight is 465 g/mol. The predicted octanol–water partition coefficient (Wildman–Crippen LogP) is 1.84. The maximum absolute atomic E-state index is 13.5. The maximum Gasteiger partial charge on any atom is 0.259 e. The molecule has 9 nitrogen and oxygen atoms in total. The maximum atomic E-state index is 13.5. The molecule has 0 bridgehead atoms. The molecule has 1 saturated heterocycles. The van der Waals surface area contributed by atoms with E-state index in [-0.39, 0.29) is 29.0 Å². The largest absolute Gasteiger partial charge is 0.473 e. The van der Waals surface area contributed by atoms with E-state index in [2.05, 4.69) is 22.3 Å². The number of morpholine rings is 1. The number of aromatic nitrogens is 3. The van der Waals surface area contributed by atoms with Crippen LogP contribution in [0.5, 0.6) is 5.88 Å². The Hall–Kier alpha value is -3.30. The molecule has 178 valence electrons. The number of methoxy groups -OCH3 is 1. The number of fused-ring (bicyclic) bond motifs is 2. The van der Waals surface area contributed by atoms with Crippen molar-refractivity contribution < 1.29 is 19.0 Å². The van der Waals surface area contributed by atoms with E-state index in [1.807, 2.05) is 19.1 Å². The molecule has 34 heavy (non-hydrogen) atoms. The molecule has 0 N–H and O–H groups in total. The lowest BCUT2D eigenvalue weighted by molar-refractivity contribution is -0.0252. The van der Waals surface area contributed by atoms with Crippen LogP contribution >= 0.6 is 0 Å². The zero-order valence-electron chi connectivity index (χ0n) is 19.4. The molecule has 2 aromatic heterocycles. The number of carbonyl (C=O) groups is 1. The van der Waals surface area contributed by atoms with Gasteiger partial charge in [-0.15, -0.1) is 10.2 Å². The molecule has 1 aromatic carbocycles. The smallest absolute Gasteiger partial charge is 0.259 e. The lowest BCUT2D eigenvalue weighted by Gasteiger charge is -2.35. The van der Waals surface area contributed by atoms with E-state index in [0.29, 0.717) is 49.8 Å². The van der Waals surface area contributed by atoms with Gasteiger partial charge in [0.15, 0.2) is 5.65 Å². The van der Waals surface area contributed by atoms with Crippen molar-refractivity contribution in [2.24, 2.45) is 0 Å². The SMILES string of the molecule is CCn1cc(C(=O)N2CCOC[C@@H]2COC)c(=O)c2cc(OC3Cc4ccccc4C3)nnc21. The van der Waals surface area contributed by atoms with E-state index < -0.39 is 0 Å². The number of amides is 1. The summed E-state index contributed by atoms with van der Waals surface area (Å²) in [4.78, 5) is 28.6. The summed E-state index contributed by atoms with van der Waals surface area (Å²) in [6.45, 7) is 4.02. The number of benzene rings is 1. The van der Waals surface area contributed by atoms with Crippen LogP contribution in [0.2, 0.25) is 0 Å². The minimum Gasteiger partial charge on any atom is -0.473 e. The Morgan fingerprint density at radius 2 is 1.97 bits per heavy atom. The molecule has 0 spiro atoms. The number of aryl methyl sites for hydroxylation is 1. The van der Waals surface area contributed by atoms with Crippen LogP contribution in [0.1, 0.15) is 28.4 Å². The van der Waals surface area contributed by atoms with Gasteiger partial charge in [0.1, 0.15) is 11.7 Å². The molecule has 0 unspecified atom stereocenters. The van der Waals surface area contributed by atoms with E-state index in [4.69, 9.17) is 14.2 Å². The summed E-state index contributed by atoms with van der Waals surface area (Å²) >= 11 is 0. The monoisotopic (exact) mass is 464 g/mol. The Morgan fingerprint density at radius 1 is 1.21 bits per heavy atom. The molecular formula is C25H28N4O5. The van der Waals surface area contributed by atoms with Crippen LogP contribution in [-0.4, -0.2) is 71.2 Å². The third-order valence-corrected chi connectivity index (χ3v) is 6.52. The minimum atomic E-state index is -0.373. The highest BCUT2D eigenvalue weighted by molar-refractivity contribution is 5.97. The van der Waals surface area contributed by atoms with Crippen molar-refractivity contribution in [3.63, 3.8) is 0 Å². The summed E-state index contributed by atoms with van der Waals surface area (Å²) in [5.41, 5.74) is 2.69. The molecule has 9 heteroatoms. The lowest BCUT2D eigenvalue weighted by atomic mass is 10.1. The molecule has 1 aliphatic carbocycles. The van der Waals surface area contributed by atoms with Crippen molar-refractivity contribution in [1.29, 1.82) is 0 Å². The van der Waals surface area contributed by atoms with Gasteiger partial charge < -0.3 is 23.7 Å². The lowest BCUT2D eigenvalue weighted by Crippen LogP contribution is -2.51. The Labute approximate surface area is 197 Å². The fourth-order valence-corrected chi connectivity index (χ4v) is 4.80. The normalized spacial score (nSPS) is 18.3. The highest BCUT2D eigenvalue weighted by Gasteiger charge is 2.30. The number of rotatable bonds is 6. The molecule has 0 saturated carbocycles. The topological polar surface area (TPSA) is 95.8 Å². The van der Waals surface area contributed by atoms with E-state index in [9.17, 15) is 9.59 Å². The van der Waals surface area contributed by atoms with Crippen molar-refractivity contribution >= 4 is 16.9 Å². The van der Waals surface area contributed by atoms with Gasteiger partial charge in [0.2, 0.25) is 11.3 Å². The predicted molar refractivity (Wildman–Crippen MR) is 125 cm³/mol. The van der Waals surface area contributed by atoms with Gasteiger partial charge in [-0.1, -0.05) is 24.3 Å². The van der Waals surface area contributed by atoms with Crippen LogP contribution in [0.4, 0.5) is 0 Å². The fraction of sp³-hybridized carbons (Fsp3) is 0.440. The number of pyridine rings is 1. The number of hydrogen-bond donors (Lipinski definition) is 0. The molecular weight excluding hydrogens is 436 g/mol. The minimum absolute atomic E-state index is 0.0643. The molecule has 1 amide bonds. The second-order valence-corrected chi connectivity index (χ2v) is 8.68. The number of ether oxygens (including phenoxy) is 3. The van der Waals surface area contributed by atoms with E-state index in [1.165, 1.54) is 11.1 Å². The number of nitrogens with zero attached hydrogens (tertiary/aromatic N) is 4. The van der Waals surface area contributed by atoms with Crippen molar-refractivity contribution in [3.05, 3.63) is 63.4 Å². The van der Waals surface area contributed by atoms with Crippen molar-refractivity contribution in [2.45, 2.75) is 38.5 Å². The molecule has 1 atom stereocenters. The van der Waals surface area contributed by atoms with E-state index in [1.54, 1.807) is 28.8 Å². The van der Waals surface area contributed by atoms with Crippen LogP contribution < -0.4 is 10.2 Å². The van der Waals surface area contributed by atoms with Gasteiger partial charge in [-0.05, 0) is 18.1 Å². The summed E-state index contributed by atoms with van der Waals surface area (Å²) < 4.78 is 18.6. The highest BCUT2D eigenvalue weighted by Crippen LogP contribution is 2.25. The van der Waals surface area contributed by atoms with Crippen LogP contribution in [0.3, 0.4) is 0 Å². The van der Waals surface area contributed by atoms with Gasteiger partial charge >= 0.3 is 0 Å². The fourth-order valence-electron chi connectivity index (χ4n) is 4.80. The Bertz CT molecular complexity index is 1250. The van der Waals surface area contributed by atoms with Gasteiger partial charge in [0, 0.05) is 45.3 Å². The van der Waals surface area contributed by atoms with Gasteiger partial charge in [0.05, 0.1) is 31.2 Å². The molecule has 2 aliphatic rings. The Kier molecular flexibility index (Phi) is 6.30. The van der Waals surface area contributed by atoms with Crippen LogP contribution in [-0.2, 0) is 28.9 Å². The zero-order chi connectivity index (χ0) is 23.7. The molecule has 5 rings (SSSR count). The molecule has 0 radical (unpaired) electrons. The van der Waals surface area contributed by atoms with Gasteiger partial charge in [0.25, 0.3) is 5.91 Å². The van der Waals surface area contributed by atoms with Crippen molar-refractivity contribution in [2.75, 3.05) is 33.5 Å². The number of hydrogen-bond acceptors (Lipinski definition) is 7. The molecule has 1 fully saturated rings. The summed E-state index contributed by atoms with van der Waals surface area (Å²) in [6.07, 6.45) is 3.08. The van der Waals surface area contributed by atoms with E-state index >= 15 is 0 Å². The summed E-state index contributed by atoms with van der Waals surface area (Å²) in [7, 11) is 1.58. The van der Waals surface area contributed by atoms with Gasteiger partial charge in [-0.2, -0.15) is 0 Å². The first-order valence-corrected chi connectivity index (χ1v) is 11.6. The van der Waals surface area contributed by atoms with E-state index in [0.717, 1.165) is 12.8 Å². The van der Waals surface area contributed by atoms with Crippen molar-refractivity contribution in [3.8, 4) is 5.88 Å². The van der Waals surface area contributed by atoms with Crippen LogP contribution in [0, 0.1) is 0 Å². The average Bonchev–Trinajstić information content (AvgIpc) is 3.27. The molecule has 1 aliphatic heterocycles. The first kappa shape index (κ1) is 22.5. The first-order chi connectivity index (χ1) is 16.6. The van der Waals surface area contributed by atoms with Gasteiger partial charge in [-0.3, -0.25) is 9.59 Å². The first-order valence-electron chi connectivity index (χ1n) is 11.6. The standard InChI is InChI=1S/C25H28N4O5/c1-3-28-13-21(25(31)29-8-9-33-15-18(29)14-32-2)23(30)20-12-22(26-27-24(20)28)34-19-10-16-6-4-5-7-17(16)11-19/h4-7,12-13,18-19H,3,8-11,14-15H2,1-2H3/t18-/m0/s1. The van der Waals surface area contributed by atoms with Crippen LogP contribution in [0.25, 0.3) is 11.0 Å². The molecule has 3 heterocycles. The number of carbonyl (C=O) groups excluding carboxylic acids is 1. The summed E-state index contributed by atoms with van der Waals surface area (Å²) in [5.74, 6) is -0.0386. The third-order valence-electron chi connectivity index (χ3n) is 6.52. The Morgan fingerprint density at radius 3 is 2.68 bits per heavy atom. The van der Waals surface area contributed by atoms with Crippen molar-refractivity contribution in [1.82, 2.24) is 19.7 Å². The van der Waals surface area contributed by atoms with Gasteiger partial charge in [-0.25, -0.2) is 0 Å². The summed E-state index contributed by atoms with van der Waals surface area (Å²) in [5, 5.41) is 8.83. The Balaban J connectivity index is 1.47. The third kappa shape index (κ3) is 4.17. The zero-order valence-corrected chi connectivity index (χ0v) is 19.4.